The molecule has 3 nitrogen and oxygen atoms in total. The highest BCUT2D eigenvalue weighted by Gasteiger charge is 2.58. The second-order valence-corrected chi connectivity index (χ2v) is 8.43. The number of ether oxygens (including phenoxy) is 1. The van der Waals surface area contributed by atoms with Gasteiger partial charge in [0.05, 0.1) is 11.5 Å². The van der Waals surface area contributed by atoms with Gasteiger partial charge in [-0.25, -0.2) is 0 Å². The average Bonchev–Trinajstić information content (AvgIpc) is 2.52. The summed E-state index contributed by atoms with van der Waals surface area (Å²) in [6.45, 7) is 14.3. The molecule has 3 atom stereocenters. The summed E-state index contributed by atoms with van der Waals surface area (Å²) in [4.78, 5) is 25.2. The van der Waals surface area contributed by atoms with Crippen LogP contribution in [0.5, 0.6) is 0 Å². The number of carbonyl (C=O) groups excluding carboxylic acids is 2. The molecule has 112 valence electrons. The summed E-state index contributed by atoms with van der Waals surface area (Å²) in [5.41, 5.74) is -0.322. The molecule has 2 aliphatic rings. The van der Waals surface area contributed by atoms with E-state index in [1.54, 1.807) is 0 Å². The highest BCUT2D eigenvalue weighted by atomic mass is 16.5. The standard InChI is InChI=1S/C17H26O3/c1-15(2,3)10-8-17(7)12(11(18)9-20-17)13(14(10)19)16(4,5)6/h8,12-13H,9H2,1-7H3/t12-,13?,17+/m0/s1. The molecule has 0 aromatic rings. The summed E-state index contributed by atoms with van der Waals surface area (Å²) in [6.07, 6.45) is 1.91. The van der Waals surface area contributed by atoms with Crippen molar-refractivity contribution in [2.24, 2.45) is 22.7 Å². The zero-order valence-electron chi connectivity index (χ0n) is 13.7. The van der Waals surface area contributed by atoms with Crippen molar-refractivity contribution >= 4 is 11.6 Å². The number of fused-ring (bicyclic) bond motifs is 1. The molecule has 20 heavy (non-hydrogen) atoms. The van der Waals surface area contributed by atoms with E-state index < -0.39 is 5.60 Å². The summed E-state index contributed by atoms with van der Waals surface area (Å²) >= 11 is 0. The van der Waals surface area contributed by atoms with Gasteiger partial charge in [0.2, 0.25) is 0 Å². The van der Waals surface area contributed by atoms with Crippen LogP contribution in [0.25, 0.3) is 0 Å². The Morgan fingerprint density at radius 3 is 2.15 bits per heavy atom. The van der Waals surface area contributed by atoms with Crippen LogP contribution >= 0.6 is 0 Å². The lowest BCUT2D eigenvalue weighted by Crippen LogP contribution is -2.51. The number of Topliss-reactive ketones (excluding diaryl/α,β-unsaturated/α-hetero) is 2. The van der Waals surface area contributed by atoms with Crippen LogP contribution in [-0.2, 0) is 14.3 Å². The van der Waals surface area contributed by atoms with Crippen molar-refractivity contribution in [3.63, 3.8) is 0 Å². The zero-order valence-corrected chi connectivity index (χ0v) is 13.7. The summed E-state index contributed by atoms with van der Waals surface area (Å²) < 4.78 is 5.78. The van der Waals surface area contributed by atoms with Gasteiger partial charge in [-0.3, -0.25) is 9.59 Å². The van der Waals surface area contributed by atoms with Crippen LogP contribution in [0.4, 0.5) is 0 Å². The first-order chi connectivity index (χ1) is 8.88. The highest BCUT2D eigenvalue weighted by Crippen LogP contribution is 2.50. The summed E-state index contributed by atoms with van der Waals surface area (Å²) in [6, 6.07) is 0. The molecular formula is C17H26O3. The van der Waals surface area contributed by atoms with E-state index in [1.807, 2.05) is 54.5 Å². The van der Waals surface area contributed by atoms with Crippen molar-refractivity contribution in [1.82, 2.24) is 0 Å². The smallest absolute Gasteiger partial charge is 0.165 e. The van der Waals surface area contributed by atoms with Crippen molar-refractivity contribution in [2.75, 3.05) is 6.61 Å². The quantitative estimate of drug-likeness (QED) is 0.683. The van der Waals surface area contributed by atoms with E-state index in [0.29, 0.717) is 0 Å². The molecule has 0 aromatic heterocycles. The van der Waals surface area contributed by atoms with Crippen molar-refractivity contribution in [1.29, 1.82) is 0 Å². The second kappa shape index (κ2) is 4.27. The van der Waals surface area contributed by atoms with E-state index in [1.165, 1.54) is 0 Å². The molecule has 1 heterocycles. The third kappa shape index (κ3) is 2.26. The Labute approximate surface area is 121 Å². The van der Waals surface area contributed by atoms with Crippen LogP contribution in [-0.4, -0.2) is 23.8 Å². The van der Waals surface area contributed by atoms with E-state index in [4.69, 9.17) is 4.74 Å². The number of rotatable bonds is 0. The Morgan fingerprint density at radius 1 is 1.15 bits per heavy atom. The Balaban J connectivity index is 2.63. The van der Waals surface area contributed by atoms with E-state index in [-0.39, 0.29) is 40.8 Å². The Kier molecular flexibility index (Phi) is 3.29. The fourth-order valence-electron chi connectivity index (χ4n) is 3.53. The Bertz CT molecular complexity index is 487. The molecule has 1 saturated heterocycles. The van der Waals surface area contributed by atoms with Crippen molar-refractivity contribution < 1.29 is 14.3 Å². The minimum Gasteiger partial charge on any atom is -0.363 e. The molecule has 0 spiro atoms. The predicted octanol–water partition coefficient (Wildman–Crippen LogP) is 3.18. The van der Waals surface area contributed by atoms with Crippen LogP contribution < -0.4 is 0 Å². The third-order valence-electron chi connectivity index (χ3n) is 4.54. The van der Waals surface area contributed by atoms with Gasteiger partial charge < -0.3 is 4.74 Å². The molecule has 0 bridgehead atoms. The monoisotopic (exact) mass is 278 g/mol. The molecule has 1 aliphatic heterocycles. The molecule has 0 N–H and O–H groups in total. The van der Waals surface area contributed by atoms with Gasteiger partial charge in [-0.1, -0.05) is 41.5 Å². The molecule has 1 unspecified atom stereocenters. The summed E-state index contributed by atoms with van der Waals surface area (Å²) in [7, 11) is 0. The average molecular weight is 278 g/mol. The summed E-state index contributed by atoms with van der Waals surface area (Å²) in [5.74, 6) is -0.473. The van der Waals surface area contributed by atoms with Gasteiger partial charge in [0.25, 0.3) is 0 Å². The maximum absolute atomic E-state index is 13.0. The zero-order chi connectivity index (χ0) is 15.5. The van der Waals surface area contributed by atoms with Crippen molar-refractivity contribution in [3.05, 3.63) is 11.6 Å². The van der Waals surface area contributed by atoms with Gasteiger partial charge in [-0.2, -0.15) is 0 Å². The fourth-order valence-corrected chi connectivity index (χ4v) is 3.53. The van der Waals surface area contributed by atoms with Crippen LogP contribution in [0.2, 0.25) is 0 Å². The molecule has 1 fully saturated rings. The minimum atomic E-state index is -0.633. The lowest BCUT2D eigenvalue weighted by Gasteiger charge is -2.45. The molecule has 0 amide bonds. The number of hydrogen-bond donors (Lipinski definition) is 0. The largest absolute Gasteiger partial charge is 0.363 e. The van der Waals surface area contributed by atoms with Crippen LogP contribution in [0.15, 0.2) is 11.6 Å². The highest BCUT2D eigenvalue weighted by molar-refractivity contribution is 6.04. The van der Waals surface area contributed by atoms with Crippen molar-refractivity contribution in [2.45, 2.75) is 54.1 Å². The molecule has 0 aromatic carbocycles. The van der Waals surface area contributed by atoms with Crippen molar-refractivity contribution in [3.8, 4) is 0 Å². The maximum atomic E-state index is 13.0. The Hall–Kier alpha value is -0.960. The molecule has 2 rings (SSSR count). The second-order valence-electron chi connectivity index (χ2n) is 8.43. The first-order valence-corrected chi connectivity index (χ1v) is 7.32. The molecule has 0 saturated carbocycles. The number of ketones is 2. The fraction of sp³-hybridized carbons (Fsp3) is 0.765. The normalized spacial score (nSPS) is 35.0. The predicted molar refractivity (Wildman–Crippen MR) is 78.3 cm³/mol. The van der Waals surface area contributed by atoms with Gasteiger partial charge in [0.15, 0.2) is 11.6 Å². The molecule has 0 radical (unpaired) electrons. The molecular weight excluding hydrogens is 252 g/mol. The van der Waals surface area contributed by atoms with Gasteiger partial charge in [0, 0.05) is 5.92 Å². The number of carbonyl (C=O) groups is 2. The SMILES string of the molecule is CC(C)(C)C1=C[C@@]2(C)OCC(=O)[C@H]2C(C(C)(C)C)C1=O. The van der Waals surface area contributed by atoms with E-state index >= 15 is 0 Å². The van der Waals surface area contributed by atoms with Gasteiger partial charge in [-0.05, 0) is 29.4 Å². The third-order valence-corrected chi connectivity index (χ3v) is 4.54. The lowest BCUT2D eigenvalue weighted by atomic mass is 9.58. The van der Waals surface area contributed by atoms with Crippen LogP contribution in [0.1, 0.15) is 48.5 Å². The van der Waals surface area contributed by atoms with E-state index in [9.17, 15) is 9.59 Å². The van der Waals surface area contributed by atoms with Gasteiger partial charge in [-0.15, -0.1) is 0 Å². The topological polar surface area (TPSA) is 43.4 Å². The lowest BCUT2D eigenvalue weighted by molar-refractivity contribution is -0.136. The summed E-state index contributed by atoms with van der Waals surface area (Å²) in [5, 5.41) is 0. The first-order valence-electron chi connectivity index (χ1n) is 7.32. The molecule has 3 heteroatoms. The number of hydrogen-bond acceptors (Lipinski definition) is 3. The van der Waals surface area contributed by atoms with Crippen LogP contribution in [0, 0.1) is 22.7 Å². The number of allylic oxidation sites excluding steroid dienone is 1. The minimum absolute atomic E-state index is 0.0602. The van der Waals surface area contributed by atoms with Gasteiger partial charge >= 0.3 is 0 Å². The Morgan fingerprint density at radius 2 is 1.70 bits per heavy atom. The first kappa shape index (κ1) is 15.4. The van der Waals surface area contributed by atoms with Gasteiger partial charge in [0.1, 0.15) is 6.61 Å². The van der Waals surface area contributed by atoms with E-state index in [0.717, 1.165) is 5.57 Å². The van der Waals surface area contributed by atoms with Crippen LogP contribution in [0.3, 0.4) is 0 Å². The van der Waals surface area contributed by atoms with E-state index in [2.05, 4.69) is 0 Å². The maximum Gasteiger partial charge on any atom is 0.165 e. The molecule has 1 aliphatic carbocycles.